The van der Waals surface area contributed by atoms with Crippen LogP contribution < -0.4 is 0 Å². The van der Waals surface area contributed by atoms with Crippen molar-refractivity contribution in [1.82, 2.24) is 10.1 Å². The summed E-state index contributed by atoms with van der Waals surface area (Å²) in [7, 11) is 1.58. The molecular weight excluding hydrogens is 260 g/mol. The van der Waals surface area contributed by atoms with Crippen LogP contribution in [0.3, 0.4) is 0 Å². The summed E-state index contributed by atoms with van der Waals surface area (Å²) in [6.45, 7) is 3.42. The van der Waals surface area contributed by atoms with Crippen LogP contribution in [0.1, 0.15) is 34.7 Å². The third kappa shape index (κ3) is 2.13. The van der Waals surface area contributed by atoms with E-state index in [0.29, 0.717) is 37.1 Å². The lowest BCUT2D eigenvalue weighted by atomic mass is 10.00. The Morgan fingerprint density at radius 2 is 2.30 bits per heavy atom. The van der Waals surface area contributed by atoms with Crippen molar-refractivity contribution >= 4 is 5.91 Å². The van der Waals surface area contributed by atoms with E-state index in [2.05, 4.69) is 5.16 Å². The van der Waals surface area contributed by atoms with Crippen LogP contribution in [-0.4, -0.2) is 47.4 Å². The molecule has 1 N–H and O–H groups in total. The molecular formula is C14H20N2O4. The number of fused-ring (bicyclic) bond motifs is 1. The van der Waals surface area contributed by atoms with E-state index in [1.807, 2.05) is 0 Å². The topological polar surface area (TPSA) is 75.8 Å². The number of hydrogen-bond donors (Lipinski definition) is 1. The predicted molar refractivity (Wildman–Crippen MR) is 70.1 cm³/mol. The number of amides is 1. The van der Waals surface area contributed by atoms with Gasteiger partial charge >= 0.3 is 0 Å². The van der Waals surface area contributed by atoms with E-state index in [-0.39, 0.29) is 17.9 Å². The highest BCUT2D eigenvalue weighted by Crippen LogP contribution is 2.38. The summed E-state index contributed by atoms with van der Waals surface area (Å²) < 4.78 is 10.2. The Bertz CT molecular complexity index is 513. The maximum atomic E-state index is 12.6. The Labute approximate surface area is 117 Å². The highest BCUT2D eigenvalue weighted by Gasteiger charge is 2.44. The number of hydrogen-bond acceptors (Lipinski definition) is 5. The third-order valence-electron chi connectivity index (χ3n) is 4.58. The second-order valence-electron chi connectivity index (χ2n) is 5.78. The minimum Gasteiger partial charge on any atom is -0.393 e. The van der Waals surface area contributed by atoms with Crippen molar-refractivity contribution < 1.29 is 19.2 Å². The van der Waals surface area contributed by atoms with Crippen molar-refractivity contribution in [1.29, 1.82) is 0 Å². The van der Waals surface area contributed by atoms with Gasteiger partial charge in [-0.15, -0.1) is 0 Å². The molecule has 1 aliphatic carbocycles. The lowest BCUT2D eigenvalue weighted by Crippen LogP contribution is -2.32. The first-order valence-electron chi connectivity index (χ1n) is 7.03. The number of nitrogens with zero attached hydrogens (tertiary/aromatic N) is 2. The van der Waals surface area contributed by atoms with Gasteiger partial charge in [-0.25, -0.2) is 0 Å². The number of carbonyl (C=O) groups excluding carboxylic acids is 1. The fourth-order valence-electron chi connectivity index (χ4n) is 3.43. The van der Waals surface area contributed by atoms with Crippen LogP contribution >= 0.6 is 0 Å². The van der Waals surface area contributed by atoms with Gasteiger partial charge in [-0.3, -0.25) is 4.79 Å². The molecule has 2 heterocycles. The van der Waals surface area contributed by atoms with Gasteiger partial charge in [0.1, 0.15) is 5.76 Å². The number of rotatable bonds is 3. The van der Waals surface area contributed by atoms with Crippen LogP contribution in [0, 0.1) is 18.8 Å². The molecule has 1 saturated carbocycles. The summed E-state index contributed by atoms with van der Waals surface area (Å²) in [6.07, 6.45) is 1.59. The predicted octanol–water partition coefficient (Wildman–Crippen LogP) is 0.972. The van der Waals surface area contributed by atoms with E-state index in [1.54, 1.807) is 18.9 Å². The Kier molecular flexibility index (Phi) is 3.52. The Hall–Kier alpha value is -1.40. The fraction of sp³-hybridized carbons (Fsp3) is 0.714. The summed E-state index contributed by atoms with van der Waals surface area (Å²) in [4.78, 5) is 14.3. The van der Waals surface area contributed by atoms with Crippen molar-refractivity contribution in [2.24, 2.45) is 11.8 Å². The number of ether oxygens (including phenoxy) is 1. The molecule has 3 rings (SSSR count). The largest absolute Gasteiger partial charge is 0.393 e. The molecule has 1 aromatic rings. The minimum absolute atomic E-state index is 0.115. The van der Waals surface area contributed by atoms with Gasteiger partial charge in [-0.2, -0.15) is 0 Å². The van der Waals surface area contributed by atoms with Gasteiger partial charge in [-0.1, -0.05) is 5.16 Å². The van der Waals surface area contributed by atoms with Gasteiger partial charge in [-0.05, 0) is 25.7 Å². The SMILES string of the molecule is COCc1c(C(=O)N2C[C@H]3CC[C@@H](O)[C@H]3C2)noc1C. The van der Waals surface area contributed by atoms with Gasteiger partial charge in [0, 0.05) is 26.1 Å². The summed E-state index contributed by atoms with van der Waals surface area (Å²) in [5, 5.41) is 13.8. The quantitative estimate of drug-likeness (QED) is 0.893. The number of aromatic nitrogens is 1. The Balaban J connectivity index is 1.77. The van der Waals surface area contributed by atoms with Crippen molar-refractivity contribution in [2.45, 2.75) is 32.5 Å². The first kappa shape index (κ1) is 13.6. The molecule has 2 aliphatic rings. The van der Waals surface area contributed by atoms with Crippen LogP contribution in [0.2, 0.25) is 0 Å². The summed E-state index contributed by atoms with van der Waals surface area (Å²) >= 11 is 0. The van der Waals surface area contributed by atoms with Crippen molar-refractivity contribution in [3.63, 3.8) is 0 Å². The first-order valence-corrected chi connectivity index (χ1v) is 7.03. The summed E-state index contributed by atoms with van der Waals surface area (Å²) in [5.74, 6) is 1.15. The molecule has 1 aromatic heterocycles. The summed E-state index contributed by atoms with van der Waals surface area (Å²) in [5.41, 5.74) is 1.06. The molecule has 20 heavy (non-hydrogen) atoms. The van der Waals surface area contributed by atoms with E-state index in [4.69, 9.17) is 9.26 Å². The Morgan fingerprint density at radius 3 is 3.00 bits per heavy atom. The molecule has 1 aliphatic heterocycles. The van der Waals surface area contributed by atoms with Gasteiger partial charge in [0.05, 0.1) is 18.3 Å². The standard InChI is InChI=1S/C14H20N2O4/c1-8-11(7-19-2)13(15-20-8)14(18)16-5-9-3-4-12(17)10(9)6-16/h9-10,12,17H,3-7H2,1-2H3/t9-,10+,12-/m1/s1. The number of methoxy groups -OCH3 is 1. The van der Waals surface area contributed by atoms with Crippen LogP contribution in [0.4, 0.5) is 0 Å². The second-order valence-corrected chi connectivity index (χ2v) is 5.78. The van der Waals surface area contributed by atoms with Gasteiger partial charge in [0.15, 0.2) is 5.69 Å². The number of aliphatic hydroxyl groups is 1. The second kappa shape index (κ2) is 5.18. The van der Waals surface area contributed by atoms with E-state index >= 15 is 0 Å². The average molecular weight is 280 g/mol. The lowest BCUT2D eigenvalue weighted by molar-refractivity contribution is 0.0738. The molecule has 3 atom stereocenters. The van der Waals surface area contributed by atoms with E-state index in [9.17, 15) is 9.90 Å². The molecule has 0 radical (unpaired) electrons. The van der Waals surface area contributed by atoms with Crippen LogP contribution in [0.25, 0.3) is 0 Å². The highest BCUT2D eigenvalue weighted by molar-refractivity contribution is 5.94. The lowest BCUT2D eigenvalue weighted by Gasteiger charge is -2.17. The van der Waals surface area contributed by atoms with E-state index < -0.39 is 0 Å². The molecule has 0 aromatic carbocycles. The van der Waals surface area contributed by atoms with Crippen molar-refractivity contribution in [3.8, 4) is 0 Å². The zero-order valence-corrected chi connectivity index (χ0v) is 11.8. The van der Waals surface area contributed by atoms with Crippen molar-refractivity contribution in [3.05, 3.63) is 17.0 Å². The molecule has 6 heteroatoms. The molecule has 6 nitrogen and oxygen atoms in total. The monoisotopic (exact) mass is 280 g/mol. The van der Waals surface area contributed by atoms with Crippen LogP contribution in [0.5, 0.6) is 0 Å². The van der Waals surface area contributed by atoms with Gasteiger partial charge in [0.2, 0.25) is 0 Å². The smallest absolute Gasteiger partial charge is 0.276 e. The normalized spacial score (nSPS) is 28.9. The number of likely N-dealkylation sites (tertiary alicyclic amines) is 1. The average Bonchev–Trinajstić information content (AvgIpc) is 3.08. The van der Waals surface area contributed by atoms with Crippen LogP contribution in [0.15, 0.2) is 4.52 Å². The Morgan fingerprint density at radius 1 is 1.50 bits per heavy atom. The molecule has 2 fully saturated rings. The number of aryl methyl sites for hydroxylation is 1. The summed E-state index contributed by atoms with van der Waals surface area (Å²) in [6, 6.07) is 0. The number of aliphatic hydroxyl groups excluding tert-OH is 1. The zero-order chi connectivity index (χ0) is 14.3. The maximum Gasteiger partial charge on any atom is 0.276 e. The molecule has 0 spiro atoms. The highest BCUT2D eigenvalue weighted by atomic mass is 16.5. The molecule has 0 unspecified atom stereocenters. The fourth-order valence-corrected chi connectivity index (χ4v) is 3.43. The zero-order valence-electron chi connectivity index (χ0n) is 11.8. The molecule has 1 amide bonds. The molecule has 110 valence electrons. The van der Waals surface area contributed by atoms with Crippen LogP contribution in [-0.2, 0) is 11.3 Å². The van der Waals surface area contributed by atoms with E-state index in [1.165, 1.54) is 0 Å². The molecule has 0 bridgehead atoms. The number of carbonyl (C=O) groups is 1. The first-order chi connectivity index (χ1) is 9.61. The van der Waals surface area contributed by atoms with Crippen molar-refractivity contribution in [2.75, 3.05) is 20.2 Å². The van der Waals surface area contributed by atoms with Gasteiger partial charge < -0.3 is 19.3 Å². The van der Waals surface area contributed by atoms with Gasteiger partial charge in [0.25, 0.3) is 5.91 Å². The third-order valence-corrected chi connectivity index (χ3v) is 4.58. The maximum absolute atomic E-state index is 12.6. The van der Waals surface area contributed by atoms with E-state index in [0.717, 1.165) is 18.4 Å². The molecule has 1 saturated heterocycles. The minimum atomic E-state index is -0.268.